The van der Waals surface area contributed by atoms with Gasteiger partial charge in [-0.25, -0.2) is 9.97 Å². The van der Waals surface area contributed by atoms with Gasteiger partial charge in [-0.3, -0.25) is 0 Å². The van der Waals surface area contributed by atoms with Gasteiger partial charge in [0.2, 0.25) is 0 Å². The summed E-state index contributed by atoms with van der Waals surface area (Å²) >= 11 is 1.72. The zero-order valence-electron chi connectivity index (χ0n) is 7.38. The van der Waals surface area contributed by atoms with Gasteiger partial charge in [0.1, 0.15) is 5.82 Å². The van der Waals surface area contributed by atoms with Crippen LogP contribution in [0.3, 0.4) is 0 Å². The Morgan fingerprint density at radius 2 is 1.92 bits per heavy atom. The fourth-order valence-electron chi connectivity index (χ4n) is 1.31. The van der Waals surface area contributed by atoms with E-state index in [0.29, 0.717) is 0 Å². The first-order chi connectivity index (χ1) is 5.68. The molecule has 0 unspecified atom stereocenters. The highest BCUT2D eigenvalue weighted by atomic mass is 32.1. The van der Waals surface area contributed by atoms with Crippen LogP contribution < -0.4 is 0 Å². The molecule has 62 valence electrons. The van der Waals surface area contributed by atoms with Crippen LogP contribution in [-0.4, -0.2) is 9.97 Å². The summed E-state index contributed by atoms with van der Waals surface area (Å²) < 4.78 is 1.22. The molecule has 0 N–H and O–H groups in total. The molecular formula is C9H10N2S. The molecule has 12 heavy (non-hydrogen) atoms. The molecule has 3 heteroatoms. The second-order valence-corrected chi connectivity index (χ2v) is 3.83. The summed E-state index contributed by atoms with van der Waals surface area (Å²) in [7, 11) is 0. The van der Waals surface area contributed by atoms with Crippen LogP contribution >= 0.6 is 11.3 Å². The van der Waals surface area contributed by atoms with Crippen LogP contribution in [0.2, 0.25) is 0 Å². The first-order valence-electron chi connectivity index (χ1n) is 3.87. The molecule has 0 bridgehead atoms. The van der Waals surface area contributed by atoms with Gasteiger partial charge in [0, 0.05) is 0 Å². The van der Waals surface area contributed by atoms with E-state index in [1.165, 1.54) is 10.3 Å². The molecule has 0 radical (unpaired) electrons. The van der Waals surface area contributed by atoms with Gasteiger partial charge in [-0.1, -0.05) is 0 Å². The van der Waals surface area contributed by atoms with Crippen LogP contribution in [0.1, 0.15) is 17.1 Å². The zero-order valence-corrected chi connectivity index (χ0v) is 8.20. The number of hydrogen-bond donors (Lipinski definition) is 0. The summed E-state index contributed by atoms with van der Waals surface area (Å²) in [5.41, 5.74) is 3.46. The van der Waals surface area contributed by atoms with Gasteiger partial charge in [-0.2, -0.15) is 0 Å². The van der Waals surface area contributed by atoms with E-state index < -0.39 is 0 Å². The molecule has 0 fully saturated rings. The van der Waals surface area contributed by atoms with E-state index in [0.717, 1.165) is 17.0 Å². The van der Waals surface area contributed by atoms with Crippen molar-refractivity contribution in [3.63, 3.8) is 0 Å². The van der Waals surface area contributed by atoms with Crippen LogP contribution in [0.25, 0.3) is 10.2 Å². The third kappa shape index (κ3) is 1.01. The number of aromatic nitrogens is 2. The van der Waals surface area contributed by atoms with Crippen molar-refractivity contribution >= 4 is 21.6 Å². The van der Waals surface area contributed by atoms with Crippen molar-refractivity contribution in [2.24, 2.45) is 0 Å². The molecule has 0 amide bonds. The lowest BCUT2D eigenvalue weighted by Crippen LogP contribution is -1.90. The van der Waals surface area contributed by atoms with Gasteiger partial charge in [0.15, 0.2) is 0 Å². The van der Waals surface area contributed by atoms with Gasteiger partial charge in [0.05, 0.1) is 15.9 Å². The smallest absolute Gasteiger partial charge is 0.126 e. The van der Waals surface area contributed by atoms with E-state index in [2.05, 4.69) is 22.3 Å². The molecule has 0 aliphatic carbocycles. The topological polar surface area (TPSA) is 25.8 Å². The molecule has 0 saturated carbocycles. The molecule has 2 aromatic rings. The largest absolute Gasteiger partial charge is 0.237 e. The van der Waals surface area contributed by atoms with Crippen LogP contribution in [0.15, 0.2) is 5.38 Å². The van der Waals surface area contributed by atoms with Gasteiger partial charge < -0.3 is 0 Å². The lowest BCUT2D eigenvalue weighted by Gasteiger charge is -1.97. The van der Waals surface area contributed by atoms with E-state index in [9.17, 15) is 0 Å². The molecule has 2 rings (SSSR count). The third-order valence-electron chi connectivity index (χ3n) is 1.87. The number of thiophene rings is 1. The molecule has 2 nitrogen and oxygen atoms in total. The van der Waals surface area contributed by atoms with Crippen LogP contribution in [0.5, 0.6) is 0 Å². The van der Waals surface area contributed by atoms with Crippen molar-refractivity contribution in [2.45, 2.75) is 20.8 Å². The van der Waals surface area contributed by atoms with Crippen molar-refractivity contribution in [1.29, 1.82) is 0 Å². The summed E-state index contributed by atoms with van der Waals surface area (Å²) in [6, 6.07) is 0. The lowest BCUT2D eigenvalue weighted by atomic mass is 10.3. The molecule has 0 atom stereocenters. The zero-order chi connectivity index (χ0) is 8.72. The highest BCUT2D eigenvalue weighted by molar-refractivity contribution is 7.17. The number of aryl methyl sites for hydroxylation is 3. The minimum absolute atomic E-state index is 0.863. The molecule has 0 spiro atoms. The number of nitrogens with zero attached hydrogens (tertiary/aromatic N) is 2. The number of fused-ring (bicyclic) bond motifs is 1. The predicted octanol–water partition coefficient (Wildman–Crippen LogP) is 2.62. The Bertz CT molecular complexity index is 431. The molecule has 0 aliphatic rings. The van der Waals surface area contributed by atoms with Crippen molar-refractivity contribution < 1.29 is 0 Å². The molecule has 2 heterocycles. The van der Waals surface area contributed by atoms with Gasteiger partial charge in [-0.05, 0) is 31.7 Å². The monoisotopic (exact) mass is 178 g/mol. The van der Waals surface area contributed by atoms with Crippen molar-refractivity contribution in [3.05, 3.63) is 22.5 Å². The maximum atomic E-state index is 4.40. The number of rotatable bonds is 0. The van der Waals surface area contributed by atoms with Gasteiger partial charge in [0.25, 0.3) is 0 Å². The Labute approximate surface area is 75.3 Å². The van der Waals surface area contributed by atoms with Crippen LogP contribution in [0.4, 0.5) is 0 Å². The maximum absolute atomic E-state index is 4.40. The van der Waals surface area contributed by atoms with E-state index in [4.69, 9.17) is 0 Å². The van der Waals surface area contributed by atoms with E-state index in [1.807, 2.05) is 13.8 Å². The minimum Gasteiger partial charge on any atom is -0.237 e. The highest BCUT2D eigenvalue weighted by Gasteiger charge is 2.05. The molecule has 0 saturated heterocycles. The third-order valence-corrected chi connectivity index (χ3v) is 3.07. The van der Waals surface area contributed by atoms with Crippen LogP contribution in [0, 0.1) is 20.8 Å². The van der Waals surface area contributed by atoms with E-state index >= 15 is 0 Å². The molecular weight excluding hydrogens is 168 g/mol. The summed E-state index contributed by atoms with van der Waals surface area (Å²) in [5, 5.41) is 2.13. The number of hydrogen-bond acceptors (Lipinski definition) is 3. The first kappa shape index (κ1) is 7.68. The Morgan fingerprint density at radius 3 is 2.67 bits per heavy atom. The SMILES string of the molecule is Cc1nc(C)c2scc(C)c2n1. The minimum atomic E-state index is 0.863. The standard InChI is InChI=1S/C9H10N2S/c1-5-4-12-9-6(2)10-7(3)11-8(5)9/h4H,1-3H3. The van der Waals surface area contributed by atoms with Gasteiger partial charge in [-0.15, -0.1) is 11.3 Å². The normalized spacial score (nSPS) is 10.9. The average Bonchev–Trinajstić information content (AvgIpc) is 2.33. The van der Waals surface area contributed by atoms with E-state index in [-0.39, 0.29) is 0 Å². The van der Waals surface area contributed by atoms with E-state index in [1.54, 1.807) is 11.3 Å². The maximum Gasteiger partial charge on any atom is 0.126 e. The Morgan fingerprint density at radius 1 is 1.17 bits per heavy atom. The fourth-order valence-corrected chi connectivity index (χ4v) is 2.25. The predicted molar refractivity (Wildman–Crippen MR) is 51.6 cm³/mol. The van der Waals surface area contributed by atoms with Gasteiger partial charge >= 0.3 is 0 Å². The highest BCUT2D eigenvalue weighted by Crippen LogP contribution is 2.25. The Hall–Kier alpha value is -0.960. The molecule has 0 aromatic carbocycles. The quantitative estimate of drug-likeness (QED) is 0.619. The molecule has 2 aromatic heterocycles. The summed E-state index contributed by atoms with van der Waals surface area (Å²) in [4.78, 5) is 8.71. The molecule has 0 aliphatic heterocycles. The van der Waals surface area contributed by atoms with Crippen LogP contribution in [-0.2, 0) is 0 Å². The van der Waals surface area contributed by atoms with Crippen molar-refractivity contribution in [1.82, 2.24) is 9.97 Å². The summed E-state index contributed by atoms with van der Waals surface area (Å²) in [5.74, 6) is 0.863. The summed E-state index contributed by atoms with van der Waals surface area (Å²) in [6.45, 7) is 6.06. The Kier molecular flexibility index (Phi) is 1.61. The second-order valence-electron chi connectivity index (χ2n) is 2.95. The van der Waals surface area contributed by atoms with Crippen molar-refractivity contribution in [3.8, 4) is 0 Å². The summed E-state index contributed by atoms with van der Waals surface area (Å²) in [6.07, 6.45) is 0. The first-order valence-corrected chi connectivity index (χ1v) is 4.75. The Balaban J connectivity index is 2.92. The lowest BCUT2D eigenvalue weighted by molar-refractivity contribution is 1.05. The fraction of sp³-hybridized carbons (Fsp3) is 0.333. The average molecular weight is 178 g/mol. The van der Waals surface area contributed by atoms with Crippen molar-refractivity contribution in [2.75, 3.05) is 0 Å². The second kappa shape index (κ2) is 2.52.